The van der Waals surface area contributed by atoms with Gasteiger partial charge in [0.25, 0.3) is 0 Å². The van der Waals surface area contributed by atoms with Gasteiger partial charge in [0.15, 0.2) is 0 Å². The van der Waals surface area contributed by atoms with Crippen LogP contribution < -0.4 is 10.2 Å². The van der Waals surface area contributed by atoms with Gasteiger partial charge in [-0.05, 0) is 24.6 Å². The van der Waals surface area contributed by atoms with Crippen LogP contribution in [-0.2, 0) is 17.3 Å². The Bertz CT molecular complexity index is 401. The first-order valence-corrected chi connectivity index (χ1v) is 8.03. The van der Waals surface area contributed by atoms with Crippen molar-refractivity contribution in [3.8, 4) is 0 Å². The van der Waals surface area contributed by atoms with E-state index in [0.29, 0.717) is 0 Å². The number of pyridine rings is 1. The van der Waals surface area contributed by atoms with Gasteiger partial charge in [0, 0.05) is 48.1 Å². The summed E-state index contributed by atoms with van der Waals surface area (Å²) in [6, 6.07) is 2.07. The molecule has 1 aliphatic heterocycles. The zero-order valence-corrected chi connectivity index (χ0v) is 11.7. The molecule has 5 heteroatoms. The molecule has 2 rings (SSSR count). The Balaban J connectivity index is 2.04. The molecule has 18 heavy (non-hydrogen) atoms. The second-order valence-corrected chi connectivity index (χ2v) is 6.21. The molecule has 1 saturated heterocycles. The summed E-state index contributed by atoms with van der Waals surface area (Å²) in [5, 5.41) is 3.43. The zero-order chi connectivity index (χ0) is 12.8. The highest BCUT2D eigenvalue weighted by Gasteiger charge is 2.17. The molecule has 1 aromatic rings. The third kappa shape index (κ3) is 3.53. The fourth-order valence-electron chi connectivity index (χ4n) is 2.13. The number of rotatable bonds is 5. The van der Waals surface area contributed by atoms with Crippen LogP contribution in [0.1, 0.15) is 18.9 Å². The van der Waals surface area contributed by atoms with Crippen LogP contribution >= 0.6 is 0 Å². The van der Waals surface area contributed by atoms with Crippen molar-refractivity contribution >= 4 is 16.5 Å². The molecule has 4 nitrogen and oxygen atoms in total. The van der Waals surface area contributed by atoms with Gasteiger partial charge in [0.05, 0.1) is 11.9 Å². The molecule has 0 aliphatic carbocycles. The fraction of sp³-hybridized carbons (Fsp3) is 0.615. The fourth-order valence-corrected chi connectivity index (χ4v) is 3.18. The van der Waals surface area contributed by atoms with Gasteiger partial charge in [-0.25, -0.2) is 0 Å². The molecule has 1 aromatic heterocycles. The van der Waals surface area contributed by atoms with Gasteiger partial charge in [0.2, 0.25) is 0 Å². The van der Waals surface area contributed by atoms with Crippen molar-refractivity contribution in [2.45, 2.75) is 19.9 Å². The Labute approximate surface area is 111 Å². The van der Waals surface area contributed by atoms with Crippen LogP contribution in [0.3, 0.4) is 0 Å². The maximum Gasteiger partial charge on any atom is 0.0598 e. The maximum absolute atomic E-state index is 11.4. The standard InChI is InChI=1S/C13H21N3OS/c1-2-4-14-10-12-3-5-15-11-13(12)16-6-8-18(17)9-7-16/h3,5,11,14H,2,4,6-10H2,1H3. The molecule has 100 valence electrons. The minimum Gasteiger partial charge on any atom is -0.368 e. The van der Waals surface area contributed by atoms with Gasteiger partial charge in [-0.2, -0.15) is 0 Å². The first kappa shape index (κ1) is 13.5. The lowest BCUT2D eigenvalue weighted by molar-refractivity contribution is 0.665. The van der Waals surface area contributed by atoms with E-state index in [4.69, 9.17) is 0 Å². The lowest BCUT2D eigenvalue weighted by atomic mass is 10.2. The van der Waals surface area contributed by atoms with E-state index in [-0.39, 0.29) is 0 Å². The van der Waals surface area contributed by atoms with Gasteiger partial charge in [-0.1, -0.05) is 6.92 Å². The van der Waals surface area contributed by atoms with Gasteiger partial charge in [-0.3, -0.25) is 9.19 Å². The largest absolute Gasteiger partial charge is 0.368 e. The van der Waals surface area contributed by atoms with Gasteiger partial charge in [-0.15, -0.1) is 0 Å². The van der Waals surface area contributed by atoms with Gasteiger partial charge >= 0.3 is 0 Å². The molecule has 0 saturated carbocycles. The van der Waals surface area contributed by atoms with Gasteiger partial charge in [0.1, 0.15) is 0 Å². The predicted octanol–water partition coefficient (Wildman–Crippen LogP) is 1.15. The second kappa shape index (κ2) is 6.85. The van der Waals surface area contributed by atoms with Crippen LogP contribution in [0.25, 0.3) is 0 Å². The monoisotopic (exact) mass is 267 g/mol. The van der Waals surface area contributed by atoms with Crippen molar-refractivity contribution in [2.24, 2.45) is 0 Å². The lowest BCUT2D eigenvalue weighted by Gasteiger charge is -2.29. The van der Waals surface area contributed by atoms with Crippen LogP contribution in [-0.4, -0.2) is 40.3 Å². The first-order valence-electron chi connectivity index (χ1n) is 6.54. The molecule has 0 bridgehead atoms. The van der Waals surface area contributed by atoms with E-state index in [2.05, 4.69) is 28.2 Å². The molecule has 1 N–H and O–H groups in total. The average Bonchev–Trinajstić information content (AvgIpc) is 2.41. The van der Waals surface area contributed by atoms with Crippen LogP contribution in [0.15, 0.2) is 18.5 Å². The topological polar surface area (TPSA) is 45.2 Å². The zero-order valence-electron chi connectivity index (χ0n) is 10.9. The summed E-state index contributed by atoms with van der Waals surface area (Å²) in [4.78, 5) is 6.53. The third-order valence-electron chi connectivity index (χ3n) is 3.15. The van der Waals surface area contributed by atoms with E-state index in [9.17, 15) is 4.21 Å². The summed E-state index contributed by atoms with van der Waals surface area (Å²) in [5.74, 6) is 1.55. The van der Waals surface area contributed by atoms with Crippen molar-refractivity contribution in [3.05, 3.63) is 24.0 Å². The van der Waals surface area contributed by atoms with Crippen LogP contribution in [0.2, 0.25) is 0 Å². The summed E-state index contributed by atoms with van der Waals surface area (Å²) >= 11 is 0. The Hall–Kier alpha value is -0.940. The van der Waals surface area contributed by atoms with E-state index in [0.717, 1.165) is 44.1 Å². The van der Waals surface area contributed by atoms with Crippen molar-refractivity contribution < 1.29 is 4.21 Å². The summed E-state index contributed by atoms with van der Waals surface area (Å²) in [7, 11) is -0.626. The molecule has 1 fully saturated rings. The first-order chi connectivity index (χ1) is 8.81. The smallest absolute Gasteiger partial charge is 0.0598 e. The number of hydrogen-bond donors (Lipinski definition) is 1. The lowest BCUT2D eigenvalue weighted by Crippen LogP contribution is -2.38. The molecule has 2 heterocycles. The molecule has 0 unspecified atom stereocenters. The highest BCUT2D eigenvalue weighted by molar-refractivity contribution is 7.85. The minimum atomic E-state index is -0.626. The number of nitrogens with zero attached hydrogens (tertiary/aromatic N) is 2. The van der Waals surface area contributed by atoms with E-state index in [1.807, 2.05) is 12.4 Å². The Morgan fingerprint density at radius 2 is 2.22 bits per heavy atom. The average molecular weight is 267 g/mol. The predicted molar refractivity (Wildman–Crippen MR) is 76.3 cm³/mol. The van der Waals surface area contributed by atoms with Gasteiger partial charge < -0.3 is 10.2 Å². The van der Waals surface area contributed by atoms with E-state index in [1.165, 1.54) is 11.3 Å². The molecule has 0 spiro atoms. The Morgan fingerprint density at radius 1 is 1.44 bits per heavy atom. The highest BCUT2D eigenvalue weighted by Crippen LogP contribution is 2.20. The molecule has 0 amide bonds. The Morgan fingerprint density at radius 3 is 2.94 bits per heavy atom. The molecule has 0 aromatic carbocycles. The molecule has 0 atom stereocenters. The van der Waals surface area contributed by atoms with E-state index < -0.39 is 10.8 Å². The van der Waals surface area contributed by atoms with Crippen molar-refractivity contribution in [1.29, 1.82) is 0 Å². The van der Waals surface area contributed by atoms with E-state index >= 15 is 0 Å². The molecular weight excluding hydrogens is 246 g/mol. The third-order valence-corrected chi connectivity index (χ3v) is 4.42. The number of nitrogens with one attached hydrogen (secondary N) is 1. The summed E-state index contributed by atoms with van der Waals surface area (Å²) in [5.41, 5.74) is 2.48. The molecule has 1 aliphatic rings. The van der Waals surface area contributed by atoms with Crippen molar-refractivity contribution in [1.82, 2.24) is 10.3 Å². The van der Waals surface area contributed by atoms with Crippen LogP contribution in [0.5, 0.6) is 0 Å². The SMILES string of the molecule is CCCNCc1ccncc1N1CCS(=O)CC1. The minimum absolute atomic E-state index is 0.626. The Kier molecular flexibility index (Phi) is 5.13. The molecule has 0 radical (unpaired) electrons. The summed E-state index contributed by atoms with van der Waals surface area (Å²) in [6.45, 7) is 5.83. The quantitative estimate of drug-likeness (QED) is 0.813. The summed E-state index contributed by atoms with van der Waals surface area (Å²) in [6.07, 6.45) is 4.91. The van der Waals surface area contributed by atoms with Crippen LogP contribution in [0, 0.1) is 0 Å². The van der Waals surface area contributed by atoms with Crippen molar-refractivity contribution in [2.75, 3.05) is 36.0 Å². The highest BCUT2D eigenvalue weighted by atomic mass is 32.2. The van der Waals surface area contributed by atoms with Crippen LogP contribution in [0.4, 0.5) is 5.69 Å². The summed E-state index contributed by atoms with van der Waals surface area (Å²) < 4.78 is 11.4. The van der Waals surface area contributed by atoms with Crippen molar-refractivity contribution in [3.63, 3.8) is 0 Å². The second-order valence-electron chi connectivity index (χ2n) is 4.52. The maximum atomic E-state index is 11.4. The normalized spacial score (nSPS) is 17.1. The number of aromatic nitrogens is 1. The van der Waals surface area contributed by atoms with E-state index in [1.54, 1.807) is 0 Å². The number of hydrogen-bond acceptors (Lipinski definition) is 4. The molecular formula is C13H21N3OS. The number of anilines is 1.